The van der Waals surface area contributed by atoms with E-state index in [1.54, 1.807) is 18.2 Å². The number of nitrogens with zero attached hydrogens (tertiary/aromatic N) is 1. The highest BCUT2D eigenvalue weighted by Gasteiger charge is 2.28. The van der Waals surface area contributed by atoms with Crippen LogP contribution in [0.15, 0.2) is 41.3 Å². The molecule has 0 amide bonds. The fourth-order valence-corrected chi connectivity index (χ4v) is 4.27. The lowest BCUT2D eigenvalue weighted by Crippen LogP contribution is -2.27. The molecule has 0 aliphatic heterocycles. The van der Waals surface area contributed by atoms with Gasteiger partial charge in [0.2, 0.25) is 15.8 Å². The standard InChI is InChI=1S/C20H24N2O5S/c1-14-12-18(15(2)22(14)16-8-9-16)19(23)13-27-20(24)10-11-21-28(25,26)17-6-4-3-5-7-17/h3-7,12,16,21H,8-11,13H2,1-2H3. The highest BCUT2D eigenvalue weighted by atomic mass is 32.2. The Kier molecular flexibility index (Phi) is 6.00. The molecule has 3 rings (SSSR count). The van der Waals surface area contributed by atoms with Crippen molar-refractivity contribution in [2.24, 2.45) is 0 Å². The van der Waals surface area contributed by atoms with E-state index in [4.69, 9.17) is 4.74 Å². The third kappa shape index (κ3) is 4.69. The van der Waals surface area contributed by atoms with Crippen LogP contribution in [0, 0.1) is 13.8 Å². The van der Waals surface area contributed by atoms with Crippen LogP contribution in [0.25, 0.3) is 0 Å². The molecule has 1 aromatic heterocycles. The minimum Gasteiger partial charge on any atom is -0.457 e. The average Bonchev–Trinajstić information content (AvgIpc) is 3.45. The quantitative estimate of drug-likeness (QED) is 0.512. The first-order chi connectivity index (χ1) is 13.3. The number of benzene rings is 1. The predicted molar refractivity (Wildman–Crippen MR) is 104 cm³/mol. The van der Waals surface area contributed by atoms with Gasteiger partial charge in [0.15, 0.2) is 6.61 Å². The van der Waals surface area contributed by atoms with E-state index in [0.29, 0.717) is 11.6 Å². The Labute approximate surface area is 164 Å². The van der Waals surface area contributed by atoms with Crippen LogP contribution in [0.1, 0.15) is 47.1 Å². The van der Waals surface area contributed by atoms with E-state index >= 15 is 0 Å². The minimum atomic E-state index is -3.67. The maximum atomic E-state index is 12.4. The Morgan fingerprint density at radius 3 is 2.50 bits per heavy atom. The molecule has 0 saturated heterocycles. The molecule has 1 saturated carbocycles. The second kappa shape index (κ2) is 8.28. The van der Waals surface area contributed by atoms with Crippen molar-refractivity contribution < 1.29 is 22.7 Å². The van der Waals surface area contributed by atoms with Gasteiger partial charge in [-0.3, -0.25) is 9.59 Å². The molecule has 8 heteroatoms. The van der Waals surface area contributed by atoms with Crippen molar-refractivity contribution in [1.29, 1.82) is 0 Å². The zero-order valence-electron chi connectivity index (χ0n) is 16.0. The van der Waals surface area contributed by atoms with E-state index in [0.717, 1.165) is 24.2 Å². The lowest BCUT2D eigenvalue weighted by molar-refractivity contribution is -0.142. The largest absolute Gasteiger partial charge is 0.457 e. The molecule has 1 aromatic carbocycles. The van der Waals surface area contributed by atoms with Gasteiger partial charge in [-0.2, -0.15) is 0 Å². The summed E-state index contributed by atoms with van der Waals surface area (Å²) in [7, 11) is -3.67. The van der Waals surface area contributed by atoms with E-state index in [1.807, 2.05) is 19.9 Å². The SMILES string of the molecule is Cc1cc(C(=O)COC(=O)CCNS(=O)(=O)c2ccccc2)c(C)n1C1CC1. The zero-order valence-corrected chi connectivity index (χ0v) is 16.8. The Morgan fingerprint density at radius 1 is 1.18 bits per heavy atom. The fourth-order valence-electron chi connectivity index (χ4n) is 3.22. The number of aryl methyl sites for hydroxylation is 1. The summed E-state index contributed by atoms with van der Waals surface area (Å²) in [6.07, 6.45) is 2.09. The normalized spacial score (nSPS) is 14.1. The molecule has 0 atom stereocenters. The van der Waals surface area contributed by atoms with Gasteiger partial charge < -0.3 is 9.30 Å². The second-order valence-corrected chi connectivity index (χ2v) is 8.70. The number of hydrogen-bond donors (Lipinski definition) is 1. The first-order valence-corrected chi connectivity index (χ1v) is 10.7. The number of hydrogen-bond acceptors (Lipinski definition) is 5. The van der Waals surface area contributed by atoms with Crippen molar-refractivity contribution >= 4 is 21.8 Å². The summed E-state index contributed by atoms with van der Waals surface area (Å²) in [4.78, 5) is 24.4. The molecule has 0 bridgehead atoms. The first kappa shape index (κ1) is 20.3. The topological polar surface area (TPSA) is 94.5 Å². The van der Waals surface area contributed by atoms with E-state index < -0.39 is 16.0 Å². The van der Waals surface area contributed by atoms with Gasteiger partial charge in [0.05, 0.1) is 11.3 Å². The zero-order chi connectivity index (χ0) is 20.3. The van der Waals surface area contributed by atoms with Gasteiger partial charge in [0.1, 0.15) is 0 Å². The summed E-state index contributed by atoms with van der Waals surface area (Å²) >= 11 is 0. The molecule has 0 spiro atoms. The van der Waals surface area contributed by atoms with Gasteiger partial charge in [-0.25, -0.2) is 13.1 Å². The number of aromatic nitrogens is 1. The molecule has 1 heterocycles. The van der Waals surface area contributed by atoms with Crippen LogP contribution in [0.4, 0.5) is 0 Å². The number of carbonyl (C=O) groups is 2. The van der Waals surface area contributed by atoms with Crippen molar-refractivity contribution in [3.05, 3.63) is 53.3 Å². The van der Waals surface area contributed by atoms with Crippen LogP contribution < -0.4 is 4.72 Å². The molecule has 0 radical (unpaired) electrons. The van der Waals surface area contributed by atoms with E-state index in [-0.39, 0.29) is 30.3 Å². The van der Waals surface area contributed by atoms with Crippen LogP contribution in [0.3, 0.4) is 0 Å². The van der Waals surface area contributed by atoms with Crippen molar-refractivity contribution in [3.63, 3.8) is 0 Å². The van der Waals surface area contributed by atoms with Gasteiger partial charge in [-0.15, -0.1) is 0 Å². The molecule has 2 aromatic rings. The minimum absolute atomic E-state index is 0.0968. The Balaban J connectivity index is 1.47. The second-order valence-electron chi connectivity index (χ2n) is 6.93. The average molecular weight is 404 g/mol. The molecule has 1 aliphatic rings. The number of rotatable bonds is 9. The summed E-state index contributed by atoms with van der Waals surface area (Å²) in [5.41, 5.74) is 2.50. The molecular weight excluding hydrogens is 380 g/mol. The van der Waals surface area contributed by atoms with Crippen LogP contribution in [-0.2, 0) is 19.6 Å². The van der Waals surface area contributed by atoms with Gasteiger partial charge in [-0.1, -0.05) is 18.2 Å². The maximum Gasteiger partial charge on any atom is 0.307 e. The van der Waals surface area contributed by atoms with E-state index in [2.05, 4.69) is 9.29 Å². The van der Waals surface area contributed by atoms with Gasteiger partial charge >= 0.3 is 5.97 Å². The number of esters is 1. The number of carbonyl (C=O) groups excluding carboxylic acids is 2. The molecule has 7 nitrogen and oxygen atoms in total. The van der Waals surface area contributed by atoms with Crippen LogP contribution >= 0.6 is 0 Å². The third-order valence-corrected chi connectivity index (χ3v) is 6.21. The Hall–Kier alpha value is -2.45. The summed E-state index contributed by atoms with van der Waals surface area (Å²) in [5.74, 6) is -0.877. The summed E-state index contributed by atoms with van der Waals surface area (Å²) in [6.45, 7) is 3.42. The predicted octanol–water partition coefficient (Wildman–Crippen LogP) is 2.53. The summed E-state index contributed by atoms with van der Waals surface area (Å²) < 4.78 is 33.7. The van der Waals surface area contributed by atoms with Gasteiger partial charge in [-0.05, 0) is 44.9 Å². The maximum absolute atomic E-state index is 12.4. The van der Waals surface area contributed by atoms with Crippen molar-refractivity contribution in [3.8, 4) is 0 Å². The highest BCUT2D eigenvalue weighted by Crippen LogP contribution is 2.38. The molecular formula is C20H24N2O5S. The summed E-state index contributed by atoms with van der Waals surface area (Å²) in [5, 5.41) is 0. The molecule has 1 N–H and O–H groups in total. The highest BCUT2D eigenvalue weighted by molar-refractivity contribution is 7.89. The third-order valence-electron chi connectivity index (χ3n) is 4.74. The molecule has 1 aliphatic carbocycles. The van der Waals surface area contributed by atoms with Crippen molar-refractivity contribution in [2.75, 3.05) is 13.2 Å². The number of ketones is 1. The Morgan fingerprint density at radius 2 is 1.86 bits per heavy atom. The van der Waals surface area contributed by atoms with Crippen molar-refractivity contribution in [1.82, 2.24) is 9.29 Å². The fraction of sp³-hybridized carbons (Fsp3) is 0.400. The van der Waals surface area contributed by atoms with Crippen molar-refractivity contribution in [2.45, 2.75) is 44.0 Å². The molecule has 1 fully saturated rings. The van der Waals surface area contributed by atoms with E-state index in [1.165, 1.54) is 12.1 Å². The number of sulfonamides is 1. The van der Waals surface area contributed by atoms with Crippen LogP contribution in [-0.4, -0.2) is 37.9 Å². The molecule has 28 heavy (non-hydrogen) atoms. The molecule has 0 unspecified atom stereocenters. The van der Waals surface area contributed by atoms with Gasteiger partial charge in [0, 0.05) is 29.5 Å². The first-order valence-electron chi connectivity index (χ1n) is 9.21. The Bertz CT molecular complexity index is 976. The number of Topliss-reactive ketones (excluding diaryl/α,β-unsaturated/α-hetero) is 1. The van der Waals surface area contributed by atoms with Crippen LogP contribution in [0.5, 0.6) is 0 Å². The smallest absolute Gasteiger partial charge is 0.307 e. The number of ether oxygens (including phenoxy) is 1. The van der Waals surface area contributed by atoms with Crippen LogP contribution in [0.2, 0.25) is 0 Å². The van der Waals surface area contributed by atoms with Gasteiger partial charge in [0.25, 0.3) is 0 Å². The lowest BCUT2D eigenvalue weighted by Gasteiger charge is -2.08. The lowest BCUT2D eigenvalue weighted by atomic mass is 10.1. The van der Waals surface area contributed by atoms with E-state index in [9.17, 15) is 18.0 Å². The monoisotopic (exact) mass is 404 g/mol. The number of nitrogens with one attached hydrogen (secondary N) is 1. The molecule has 150 valence electrons. The summed E-state index contributed by atoms with van der Waals surface area (Å²) in [6, 6.07) is 10.2.